The number of hydrogen-bond acceptors (Lipinski definition) is 4. The first-order valence-corrected chi connectivity index (χ1v) is 7.01. The third kappa shape index (κ3) is 3.49. The zero-order valence-corrected chi connectivity index (χ0v) is 12.8. The average Bonchev–Trinajstić information content (AvgIpc) is 2.94. The Balaban J connectivity index is 2.03. The molecule has 2 rings (SSSR count). The van der Waals surface area contributed by atoms with Crippen molar-refractivity contribution in [3.63, 3.8) is 0 Å². The van der Waals surface area contributed by atoms with Crippen molar-refractivity contribution >= 4 is 17.6 Å². The second-order valence-electron chi connectivity index (χ2n) is 5.11. The SMILES string of the molecule is CNC(=O)c1n[nH]nc1NC(=O)CC(C)c1ccccc1C. The molecule has 1 aromatic heterocycles. The van der Waals surface area contributed by atoms with E-state index in [1.54, 1.807) is 0 Å². The number of aryl methyl sites for hydroxylation is 1. The van der Waals surface area contributed by atoms with Gasteiger partial charge in [-0.05, 0) is 24.0 Å². The highest BCUT2D eigenvalue weighted by atomic mass is 16.2. The van der Waals surface area contributed by atoms with Crippen molar-refractivity contribution in [1.82, 2.24) is 20.7 Å². The van der Waals surface area contributed by atoms with Gasteiger partial charge in [-0.3, -0.25) is 9.59 Å². The van der Waals surface area contributed by atoms with Crippen LogP contribution in [-0.2, 0) is 4.79 Å². The van der Waals surface area contributed by atoms with Crippen LogP contribution >= 0.6 is 0 Å². The van der Waals surface area contributed by atoms with Gasteiger partial charge in [0.15, 0.2) is 11.5 Å². The van der Waals surface area contributed by atoms with Crippen LogP contribution in [0.5, 0.6) is 0 Å². The molecule has 0 bridgehead atoms. The predicted octanol–water partition coefficient (Wildman–Crippen LogP) is 1.61. The molecule has 1 heterocycles. The molecule has 1 unspecified atom stereocenters. The van der Waals surface area contributed by atoms with E-state index in [-0.39, 0.29) is 23.3 Å². The minimum absolute atomic E-state index is 0.0663. The van der Waals surface area contributed by atoms with Crippen molar-refractivity contribution in [1.29, 1.82) is 0 Å². The minimum Gasteiger partial charge on any atom is -0.354 e. The van der Waals surface area contributed by atoms with Crippen LogP contribution in [0.2, 0.25) is 0 Å². The quantitative estimate of drug-likeness (QED) is 0.781. The number of aromatic amines is 1. The Kier molecular flexibility index (Phi) is 4.88. The number of anilines is 1. The molecular formula is C15H19N5O2. The molecule has 0 aliphatic carbocycles. The van der Waals surface area contributed by atoms with Gasteiger partial charge in [-0.2, -0.15) is 5.21 Å². The fraction of sp³-hybridized carbons (Fsp3) is 0.333. The molecule has 116 valence electrons. The number of hydrogen-bond donors (Lipinski definition) is 3. The second kappa shape index (κ2) is 6.84. The maximum absolute atomic E-state index is 12.1. The van der Waals surface area contributed by atoms with Gasteiger partial charge in [-0.15, -0.1) is 10.2 Å². The maximum atomic E-state index is 12.1. The number of benzene rings is 1. The molecule has 2 amide bonds. The van der Waals surface area contributed by atoms with E-state index >= 15 is 0 Å². The molecule has 2 aromatic rings. The van der Waals surface area contributed by atoms with Gasteiger partial charge >= 0.3 is 0 Å². The van der Waals surface area contributed by atoms with Gasteiger partial charge in [0, 0.05) is 13.5 Å². The maximum Gasteiger partial charge on any atom is 0.275 e. The Morgan fingerprint density at radius 3 is 2.68 bits per heavy atom. The van der Waals surface area contributed by atoms with Crippen LogP contribution in [0.25, 0.3) is 0 Å². The number of nitrogens with one attached hydrogen (secondary N) is 3. The van der Waals surface area contributed by atoms with Gasteiger partial charge in [-0.25, -0.2) is 0 Å². The van der Waals surface area contributed by atoms with Gasteiger partial charge in [0.25, 0.3) is 5.91 Å². The van der Waals surface area contributed by atoms with E-state index in [1.807, 2.05) is 38.1 Å². The van der Waals surface area contributed by atoms with E-state index in [0.717, 1.165) is 11.1 Å². The molecular weight excluding hydrogens is 282 g/mol. The Morgan fingerprint density at radius 1 is 1.27 bits per heavy atom. The lowest BCUT2D eigenvalue weighted by molar-refractivity contribution is -0.116. The molecule has 0 saturated carbocycles. The summed E-state index contributed by atoms with van der Waals surface area (Å²) in [5.74, 6) is -0.413. The lowest BCUT2D eigenvalue weighted by Crippen LogP contribution is -2.22. The molecule has 0 aliphatic heterocycles. The van der Waals surface area contributed by atoms with Crippen molar-refractivity contribution in [2.24, 2.45) is 0 Å². The molecule has 1 atom stereocenters. The topological polar surface area (TPSA) is 99.8 Å². The van der Waals surface area contributed by atoms with Crippen LogP contribution < -0.4 is 10.6 Å². The minimum atomic E-state index is -0.406. The smallest absolute Gasteiger partial charge is 0.275 e. The highest BCUT2D eigenvalue weighted by Crippen LogP contribution is 2.23. The molecule has 0 spiro atoms. The van der Waals surface area contributed by atoms with Gasteiger partial charge in [0.2, 0.25) is 5.91 Å². The first-order valence-electron chi connectivity index (χ1n) is 7.01. The predicted molar refractivity (Wildman–Crippen MR) is 82.6 cm³/mol. The molecule has 0 saturated heterocycles. The normalized spacial score (nSPS) is 11.8. The van der Waals surface area contributed by atoms with E-state index in [1.165, 1.54) is 7.05 Å². The van der Waals surface area contributed by atoms with Crippen LogP contribution in [0.4, 0.5) is 5.82 Å². The Hall–Kier alpha value is -2.70. The van der Waals surface area contributed by atoms with Crippen molar-refractivity contribution in [2.75, 3.05) is 12.4 Å². The van der Waals surface area contributed by atoms with Gasteiger partial charge in [0.1, 0.15) is 0 Å². The van der Waals surface area contributed by atoms with Crippen molar-refractivity contribution in [3.8, 4) is 0 Å². The Morgan fingerprint density at radius 2 is 2.00 bits per heavy atom. The number of carbonyl (C=O) groups excluding carboxylic acids is 2. The molecule has 7 nitrogen and oxygen atoms in total. The number of aromatic nitrogens is 3. The van der Waals surface area contributed by atoms with E-state index in [2.05, 4.69) is 26.0 Å². The lowest BCUT2D eigenvalue weighted by Gasteiger charge is -2.14. The van der Waals surface area contributed by atoms with Crippen LogP contribution in [0, 0.1) is 6.92 Å². The zero-order chi connectivity index (χ0) is 16.1. The molecule has 3 N–H and O–H groups in total. The van der Waals surface area contributed by atoms with Gasteiger partial charge in [0.05, 0.1) is 0 Å². The summed E-state index contributed by atoms with van der Waals surface area (Å²) in [5, 5.41) is 14.9. The van der Waals surface area contributed by atoms with E-state index in [9.17, 15) is 9.59 Å². The fourth-order valence-corrected chi connectivity index (χ4v) is 2.31. The summed E-state index contributed by atoms with van der Waals surface area (Å²) in [6, 6.07) is 7.96. The molecule has 0 radical (unpaired) electrons. The van der Waals surface area contributed by atoms with Gasteiger partial charge < -0.3 is 10.6 Å². The Bertz CT molecular complexity index is 680. The number of carbonyl (C=O) groups is 2. The van der Waals surface area contributed by atoms with Crippen molar-refractivity contribution in [2.45, 2.75) is 26.2 Å². The average molecular weight is 301 g/mol. The highest BCUT2D eigenvalue weighted by molar-refractivity contribution is 6.01. The summed E-state index contributed by atoms with van der Waals surface area (Å²) < 4.78 is 0. The number of rotatable bonds is 5. The van der Waals surface area contributed by atoms with Crippen LogP contribution in [0.3, 0.4) is 0 Å². The molecule has 22 heavy (non-hydrogen) atoms. The van der Waals surface area contributed by atoms with E-state index in [4.69, 9.17) is 0 Å². The van der Waals surface area contributed by atoms with Crippen LogP contribution in [-0.4, -0.2) is 34.3 Å². The fourth-order valence-electron chi connectivity index (χ4n) is 2.31. The first-order chi connectivity index (χ1) is 10.5. The third-order valence-electron chi connectivity index (χ3n) is 3.46. The highest BCUT2D eigenvalue weighted by Gasteiger charge is 2.19. The second-order valence-corrected chi connectivity index (χ2v) is 5.11. The van der Waals surface area contributed by atoms with Crippen LogP contribution in [0.15, 0.2) is 24.3 Å². The zero-order valence-electron chi connectivity index (χ0n) is 12.8. The summed E-state index contributed by atoms with van der Waals surface area (Å²) in [6.07, 6.45) is 0.297. The standard InChI is InChI=1S/C15H19N5O2/c1-9-6-4-5-7-11(9)10(2)8-12(21)17-14-13(15(22)16-3)18-20-19-14/h4-7,10H,8H2,1-3H3,(H,16,22)(H2,17,18,19,20,21). The monoisotopic (exact) mass is 301 g/mol. The summed E-state index contributed by atoms with van der Waals surface area (Å²) in [4.78, 5) is 23.7. The van der Waals surface area contributed by atoms with Crippen molar-refractivity contribution in [3.05, 3.63) is 41.1 Å². The third-order valence-corrected chi connectivity index (χ3v) is 3.46. The Labute approximate surface area is 128 Å². The number of nitrogens with zero attached hydrogens (tertiary/aromatic N) is 2. The first kappa shape index (κ1) is 15.7. The lowest BCUT2D eigenvalue weighted by atomic mass is 9.93. The molecule has 0 aliphatic rings. The largest absolute Gasteiger partial charge is 0.354 e. The summed E-state index contributed by atoms with van der Waals surface area (Å²) in [6.45, 7) is 4.01. The summed E-state index contributed by atoms with van der Waals surface area (Å²) in [7, 11) is 1.49. The van der Waals surface area contributed by atoms with Crippen molar-refractivity contribution < 1.29 is 9.59 Å². The van der Waals surface area contributed by atoms with Gasteiger partial charge in [-0.1, -0.05) is 31.2 Å². The molecule has 7 heteroatoms. The van der Waals surface area contributed by atoms with E-state index < -0.39 is 5.91 Å². The summed E-state index contributed by atoms with van der Waals surface area (Å²) in [5.41, 5.74) is 2.35. The number of amides is 2. The molecule has 1 aromatic carbocycles. The molecule has 0 fully saturated rings. The van der Waals surface area contributed by atoms with E-state index in [0.29, 0.717) is 6.42 Å². The summed E-state index contributed by atoms with van der Waals surface area (Å²) >= 11 is 0. The van der Waals surface area contributed by atoms with Crippen LogP contribution in [0.1, 0.15) is 40.9 Å². The number of H-pyrrole nitrogens is 1.